The Morgan fingerprint density at radius 3 is 2.71 bits per heavy atom. The van der Waals surface area contributed by atoms with Crippen molar-refractivity contribution in [3.8, 4) is 0 Å². The Morgan fingerprint density at radius 2 is 2.21 bits per heavy atom. The topological polar surface area (TPSA) is 3.24 Å². The van der Waals surface area contributed by atoms with Gasteiger partial charge in [0.25, 0.3) is 0 Å². The summed E-state index contributed by atoms with van der Waals surface area (Å²) in [5.41, 5.74) is 2.86. The molecule has 1 nitrogen and oxygen atoms in total. The summed E-state index contributed by atoms with van der Waals surface area (Å²) in [5, 5.41) is 0. The third kappa shape index (κ3) is 2.20. The lowest BCUT2D eigenvalue weighted by atomic mass is 9.89. The number of nitrogens with zero attached hydrogens (tertiary/aromatic N) is 1. The Morgan fingerprint density at radius 1 is 1.57 bits per heavy atom. The molecule has 0 aromatic rings. The minimum atomic E-state index is 0.689. The Bertz CT molecular complexity index is 240. The standard InChI is InChI=1S/C13H23N/c1-6-11(4)13-9-10(3)8-12(5)14(13)7-2/h6,10,12H,1,7-9H2,2-5H3/b13-11+. The average Bonchev–Trinajstić information content (AvgIpc) is 2.15. The summed E-state index contributed by atoms with van der Waals surface area (Å²) in [7, 11) is 0. The van der Waals surface area contributed by atoms with Crippen LogP contribution in [0.2, 0.25) is 0 Å². The molecule has 1 aliphatic rings. The molecule has 0 radical (unpaired) electrons. The van der Waals surface area contributed by atoms with Crippen molar-refractivity contribution in [2.24, 2.45) is 5.92 Å². The van der Waals surface area contributed by atoms with Crippen LogP contribution in [0.1, 0.15) is 40.5 Å². The van der Waals surface area contributed by atoms with E-state index in [1.807, 2.05) is 6.08 Å². The predicted molar refractivity (Wildman–Crippen MR) is 63.1 cm³/mol. The van der Waals surface area contributed by atoms with Crippen LogP contribution in [0.25, 0.3) is 0 Å². The first-order chi connectivity index (χ1) is 6.60. The van der Waals surface area contributed by atoms with Crippen molar-refractivity contribution in [3.63, 3.8) is 0 Å². The van der Waals surface area contributed by atoms with Crippen LogP contribution in [0.3, 0.4) is 0 Å². The molecule has 0 amide bonds. The molecule has 1 fully saturated rings. The molecule has 0 saturated carbocycles. The van der Waals surface area contributed by atoms with E-state index >= 15 is 0 Å². The fourth-order valence-electron chi connectivity index (χ4n) is 2.51. The van der Waals surface area contributed by atoms with Crippen molar-refractivity contribution in [2.75, 3.05) is 6.54 Å². The van der Waals surface area contributed by atoms with Crippen LogP contribution < -0.4 is 0 Å². The zero-order valence-corrected chi connectivity index (χ0v) is 10.0. The summed E-state index contributed by atoms with van der Waals surface area (Å²) >= 11 is 0. The maximum atomic E-state index is 3.87. The summed E-state index contributed by atoms with van der Waals surface area (Å²) in [6.45, 7) is 14.1. The molecule has 2 atom stereocenters. The van der Waals surface area contributed by atoms with E-state index in [0.717, 1.165) is 12.5 Å². The number of allylic oxidation sites excluding steroid dienone is 3. The highest BCUT2D eigenvalue weighted by molar-refractivity contribution is 5.23. The van der Waals surface area contributed by atoms with E-state index in [-0.39, 0.29) is 0 Å². The van der Waals surface area contributed by atoms with E-state index in [1.165, 1.54) is 24.1 Å². The number of rotatable bonds is 2. The summed E-state index contributed by atoms with van der Waals surface area (Å²) in [6, 6.07) is 0.689. The molecule has 2 unspecified atom stereocenters. The zero-order chi connectivity index (χ0) is 10.7. The molecule has 80 valence electrons. The molecule has 1 heteroatoms. The predicted octanol–water partition coefficient (Wildman–Crippen LogP) is 3.59. The first-order valence-electron chi connectivity index (χ1n) is 5.69. The number of piperidine rings is 1. The van der Waals surface area contributed by atoms with Crippen LogP contribution in [0, 0.1) is 5.92 Å². The van der Waals surface area contributed by atoms with Crippen molar-refractivity contribution < 1.29 is 0 Å². The molecule has 1 saturated heterocycles. The second kappa shape index (κ2) is 4.68. The van der Waals surface area contributed by atoms with E-state index < -0.39 is 0 Å². The minimum absolute atomic E-state index is 0.689. The van der Waals surface area contributed by atoms with Gasteiger partial charge in [0.2, 0.25) is 0 Å². The molecular weight excluding hydrogens is 170 g/mol. The van der Waals surface area contributed by atoms with Crippen molar-refractivity contribution >= 4 is 0 Å². The highest BCUT2D eigenvalue weighted by Gasteiger charge is 2.25. The van der Waals surface area contributed by atoms with E-state index in [0.29, 0.717) is 6.04 Å². The van der Waals surface area contributed by atoms with Crippen LogP contribution in [0.4, 0.5) is 0 Å². The Kier molecular flexibility index (Phi) is 3.79. The molecule has 0 aliphatic carbocycles. The van der Waals surface area contributed by atoms with Gasteiger partial charge in [-0.25, -0.2) is 0 Å². The summed E-state index contributed by atoms with van der Waals surface area (Å²) < 4.78 is 0. The lowest BCUT2D eigenvalue weighted by Crippen LogP contribution is -2.38. The number of likely N-dealkylation sites (tertiary alicyclic amines) is 1. The Labute approximate surface area is 88.5 Å². The van der Waals surface area contributed by atoms with Gasteiger partial charge in [0.05, 0.1) is 0 Å². The van der Waals surface area contributed by atoms with Gasteiger partial charge in [0.1, 0.15) is 0 Å². The van der Waals surface area contributed by atoms with Gasteiger partial charge in [-0.05, 0) is 45.1 Å². The van der Waals surface area contributed by atoms with Gasteiger partial charge in [-0.2, -0.15) is 0 Å². The van der Waals surface area contributed by atoms with Crippen molar-refractivity contribution in [3.05, 3.63) is 23.9 Å². The number of hydrogen-bond acceptors (Lipinski definition) is 1. The van der Waals surface area contributed by atoms with E-state index in [2.05, 4.69) is 39.2 Å². The lowest BCUT2D eigenvalue weighted by molar-refractivity contribution is 0.186. The van der Waals surface area contributed by atoms with Gasteiger partial charge in [0, 0.05) is 18.3 Å². The van der Waals surface area contributed by atoms with Gasteiger partial charge >= 0.3 is 0 Å². The monoisotopic (exact) mass is 193 g/mol. The minimum Gasteiger partial charge on any atom is -0.372 e. The van der Waals surface area contributed by atoms with Crippen LogP contribution >= 0.6 is 0 Å². The van der Waals surface area contributed by atoms with E-state index in [9.17, 15) is 0 Å². The van der Waals surface area contributed by atoms with Crippen LogP contribution in [-0.2, 0) is 0 Å². The molecule has 0 aromatic carbocycles. The molecule has 1 rings (SSSR count). The third-order valence-corrected chi connectivity index (χ3v) is 3.27. The lowest BCUT2D eigenvalue weighted by Gasteiger charge is -2.40. The summed E-state index contributed by atoms with van der Waals surface area (Å²) in [5.74, 6) is 0.817. The highest BCUT2D eigenvalue weighted by Crippen LogP contribution is 2.31. The highest BCUT2D eigenvalue weighted by atomic mass is 15.2. The second-order valence-corrected chi connectivity index (χ2v) is 4.51. The molecule has 0 N–H and O–H groups in total. The van der Waals surface area contributed by atoms with Crippen molar-refractivity contribution in [1.82, 2.24) is 4.90 Å². The number of hydrogen-bond donors (Lipinski definition) is 0. The fourth-order valence-corrected chi connectivity index (χ4v) is 2.51. The van der Waals surface area contributed by atoms with Crippen LogP contribution in [0.15, 0.2) is 23.9 Å². The molecule has 1 aliphatic heterocycles. The van der Waals surface area contributed by atoms with Crippen LogP contribution in [0.5, 0.6) is 0 Å². The Balaban J connectivity index is 2.94. The molecule has 0 bridgehead atoms. The molecular formula is C13H23N. The van der Waals surface area contributed by atoms with Gasteiger partial charge < -0.3 is 4.90 Å². The fraction of sp³-hybridized carbons (Fsp3) is 0.692. The first-order valence-corrected chi connectivity index (χ1v) is 5.69. The van der Waals surface area contributed by atoms with E-state index in [1.54, 1.807) is 0 Å². The first kappa shape index (κ1) is 11.4. The van der Waals surface area contributed by atoms with Crippen molar-refractivity contribution in [2.45, 2.75) is 46.6 Å². The summed E-state index contributed by atoms with van der Waals surface area (Å²) in [4.78, 5) is 2.52. The second-order valence-electron chi connectivity index (χ2n) is 4.51. The van der Waals surface area contributed by atoms with Crippen molar-refractivity contribution in [1.29, 1.82) is 0 Å². The maximum Gasteiger partial charge on any atom is 0.0261 e. The quantitative estimate of drug-likeness (QED) is 0.648. The largest absolute Gasteiger partial charge is 0.372 e. The summed E-state index contributed by atoms with van der Waals surface area (Å²) in [6.07, 6.45) is 4.53. The molecule has 0 spiro atoms. The molecule has 1 heterocycles. The normalized spacial score (nSPS) is 31.6. The van der Waals surface area contributed by atoms with Crippen LogP contribution in [-0.4, -0.2) is 17.5 Å². The SMILES string of the molecule is C=C/C(C)=C1\CC(C)CC(C)N1CC. The maximum absolute atomic E-state index is 3.87. The molecule has 0 aromatic heterocycles. The smallest absolute Gasteiger partial charge is 0.0261 e. The van der Waals surface area contributed by atoms with Gasteiger partial charge in [-0.15, -0.1) is 0 Å². The van der Waals surface area contributed by atoms with Gasteiger partial charge in [-0.3, -0.25) is 0 Å². The van der Waals surface area contributed by atoms with Gasteiger partial charge in [-0.1, -0.05) is 19.6 Å². The van der Waals surface area contributed by atoms with Gasteiger partial charge in [0.15, 0.2) is 0 Å². The average molecular weight is 193 g/mol. The molecule has 14 heavy (non-hydrogen) atoms. The zero-order valence-electron chi connectivity index (χ0n) is 10.0. The van der Waals surface area contributed by atoms with E-state index in [4.69, 9.17) is 0 Å². The Hall–Kier alpha value is -0.720. The third-order valence-electron chi connectivity index (χ3n) is 3.27.